The smallest absolute Gasteiger partial charge is 0.337 e. The number of esters is 1. The maximum atomic E-state index is 11.9. The fraction of sp³-hybridized carbons (Fsp3) is 0.333. The highest BCUT2D eigenvalue weighted by Crippen LogP contribution is 2.22. The number of rotatable bonds is 8. The van der Waals surface area contributed by atoms with Gasteiger partial charge in [-0.3, -0.25) is 4.79 Å². The van der Waals surface area contributed by atoms with E-state index in [1.54, 1.807) is 24.3 Å². The molecule has 0 atom stereocenters. The maximum Gasteiger partial charge on any atom is 0.337 e. The van der Waals surface area contributed by atoms with Crippen LogP contribution in [0.2, 0.25) is 0 Å². The topological polar surface area (TPSA) is 64.6 Å². The number of ether oxygens (including phenoxy) is 2. The van der Waals surface area contributed by atoms with E-state index in [0.717, 1.165) is 22.4 Å². The second-order valence-electron chi connectivity index (χ2n) is 6.14. The van der Waals surface area contributed by atoms with Crippen molar-refractivity contribution >= 4 is 11.9 Å². The molecule has 0 radical (unpaired) electrons. The lowest BCUT2D eigenvalue weighted by atomic mass is 10.1. The minimum Gasteiger partial charge on any atom is -0.493 e. The normalized spacial score (nSPS) is 10.3. The lowest BCUT2D eigenvalue weighted by Gasteiger charge is -2.12. The Labute approximate surface area is 154 Å². The van der Waals surface area contributed by atoms with Crippen molar-refractivity contribution in [3.63, 3.8) is 0 Å². The Kier molecular flexibility index (Phi) is 7.21. The largest absolute Gasteiger partial charge is 0.493 e. The van der Waals surface area contributed by atoms with Gasteiger partial charge < -0.3 is 14.8 Å². The van der Waals surface area contributed by atoms with E-state index in [1.807, 2.05) is 32.0 Å². The monoisotopic (exact) mass is 355 g/mol. The van der Waals surface area contributed by atoms with E-state index in [-0.39, 0.29) is 11.9 Å². The van der Waals surface area contributed by atoms with E-state index < -0.39 is 0 Å². The first kappa shape index (κ1) is 19.5. The summed E-state index contributed by atoms with van der Waals surface area (Å²) in [6, 6.07) is 13.0. The lowest BCUT2D eigenvalue weighted by Crippen LogP contribution is -2.23. The van der Waals surface area contributed by atoms with Crippen molar-refractivity contribution in [2.75, 3.05) is 13.7 Å². The number of hydrogen-bond donors (Lipinski definition) is 1. The number of carbonyl (C=O) groups is 2. The van der Waals surface area contributed by atoms with Gasteiger partial charge >= 0.3 is 5.97 Å². The third-order valence-corrected chi connectivity index (χ3v) is 4.07. The van der Waals surface area contributed by atoms with Crippen molar-refractivity contribution in [1.29, 1.82) is 0 Å². The molecule has 1 amide bonds. The fourth-order valence-electron chi connectivity index (χ4n) is 2.60. The number of amides is 1. The van der Waals surface area contributed by atoms with Gasteiger partial charge in [0.2, 0.25) is 5.91 Å². The summed E-state index contributed by atoms with van der Waals surface area (Å²) in [5.41, 5.74) is 3.62. The molecule has 0 bridgehead atoms. The summed E-state index contributed by atoms with van der Waals surface area (Å²) in [6.07, 6.45) is 1.06. The molecular weight excluding hydrogens is 330 g/mol. The van der Waals surface area contributed by atoms with Gasteiger partial charge in [0, 0.05) is 13.0 Å². The first-order chi connectivity index (χ1) is 12.5. The van der Waals surface area contributed by atoms with Crippen LogP contribution in [0.1, 0.15) is 39.9 Å². The van der Waals surface area contributed by atoms with Crippen LogP contribution in [0.3, 0.4) is 0 Å². The molecule has 2 rings (SSSR count). The van der Waals surface area contributed by atoms with Gasteiger partial charge in [-0.05, 0) is 49.1 Å². The van der Waals surface area contributed by atoms with Crippen molar-refractivity contribution in [3.8, 4) is 5.75 Å². The summed E-state index contributed by atoms with van der Waals surface area (Å²) < 4.78 is 10.5. The van der Waals surface area contributed by atoms with Crippen molar-refractivity contribution in [2.24, 2.45) is 0 Å². The van der Waals surface area contributed by atoms with Gasteiger partial charge in [0.25, 0.3) is 0 Å². The quantitative estimate of drug-likeness (QED) is 0.581. The van der Waals surface area contributed by atoms with Crippen molar-refractivity contribution in [3.05, 3.63) is 64.7 Å². The second kappa shape index (κ2) is 9.61. The predicted molar refractivity (Wildman–Crippen MR) is 100 cm³/mol. The summed E-state index contributed by atoms with van der Waals surface area (Å²) >= 11 is 0. The molecule has 0 aliphatic carbocycles. The fourth-order valence-corrected chi connectivity index (χ4v) is 2.60. The van der Waals surface area contributed by atoms with Crippen LogP contribution in [-0.2, 0) is 16.1 Å². The molecule has 5 nitrogen and oxygen atoms in total. The number of nitrogens with one attached hydrogen (secondary N) is 1. The summed E-state index contributed by atoms with van der Waals surface area (Å²) in [5.74, 6) is 0.509. The molecule has 0 fully saturated rings. The summed E-state index contributed by atoms with van der Waals surface area (Å²) in [5, 5.41) is 2.87. The third-order valence-electron chi connectivity index (χ3n) is 4.07. The van der Waals surface area contributed by atoms with Crippen LogP contribution >= 0.6 is 0 Å². The van der Waals surface area contributed by atoms with Gasteiger partial charge in [-0.25, -0.2) is 4.79 Å². The van der Waals surface area contributed by atoms with E-state index >= 15 is 0 Å². The average Bonchev–Trinajstić information content (AvgIpc) is 2.65. The second-order valence-corrected chi connectivity index (χ2v) is 6.14. The summed E-state index contributed by atoms with van der Waals surface area (Å²) in [7, 11) is 1.35. The van der Waals surface area contributed by atoms with E-state index in [1.165, 1.54) is 7.11 Å². The van der Waals surface area contributed by atoms with Gasteiger partial charge in [-0.15, -0.1) is 0 Å². The molecule has 138 valence electrons. The van der Waals surface area contributed by atoms with Crippen LogP contribution < -0.4 is 10.1 Å². The summed E-state index contributed by atoms with van der Waals surface area (Å²) in [4.78, 5) is 23.3. The molecule has 0 aliphatic heterocycles. The lowest BCUT2D eigenvalue weighted by molar-refractivity contribution is -0.121. The Morgan fingerprint density at radius 1 is 1.00 bits per heavy atom. The number of methoxy groups -OCH3 is 1. The third kappa shape index (κ3) is 5.62. The van der Waals surface area contributed by atoms with E-state index in [0.29, 0.717) is 31.6 Å². The molecule has 2 aromatic rings. The first-order valence-electron chi connectivity index (χ1n) is 8.64. The van der Waals surface area contributed by atoms with E-state index in [2.05, 4.69) is 10.1 Å². The molecule has 26 heavy (non-hydrogen) atoms. The Morgan fingerprint density at radius 2 is 1.65 bits per heavy atom. The van der Waals surface area contributed by atoms with Crippen LogP contribution in [0.4, 0.5) is 0 Å². The highest BCUT2D eigenvalue weighted by molar-refractivity contribution is 5.89. The Bertz CT molecular complexity index is 733. The molecule has 0 heterocycles. The predicted octanol–water partition coefficient (Wildman–Crippen LogP) is 3.57. The number of carbonyl (C=O) groups excluding carboxylic acids is 2. The standard InChI is InChI=1S/C21H25NO4/c1-15-6-4-7-16(2)20(15)26-13-5-8-19(23)22-14-17-9-11-18(12-10-17)21(24)25-3/h4,6-7,9-12H,5,8,13-14H2,1-3H3,(H,22,23). The minimum atomic E-state index is -0.371. The zero-order valence-corrected chi connectivity index (χ0v) is 15.5. The molecule has 0 spiro atoms. The minimum absolute atomic E-state index is 0.0212. The zero-order chi connectivity index (χ0) is 18.9. The molecule has 0 saturated carbocycles. The SMILES string of the molecule is COC(=O)c1ccc(CNC(=O)CCCOc2c(C)cccc2C)cc1. The van der Waals surface area contributed by atoms with Crippen LogP contribution in [0, 0.1) is 13.8 Å². The highest BCUT2D eigenvalue weighted by Gasteiger charge is 2.07. The molecule has 0 unspecified atom stereocenters. The van der Waals surface area contributed by atoms with E-state index in [9.17, 15) is 9.59 Å². The van der Waals surface area contributed by atoms with Gasteiger partial charge in [0.15, 0.2) is 0 Å². The van der Waals surface area contributed by atoms with Gasteiger partial charge in [0.1, 0.15) is 5.75 Å². The Morgan fingerprint density at radius 3 is 2.27 bits per heavy atom. The molecular formula is C21H25NO4. The van der Waals surface area contributed by atoms with Gasteiger partial charge in [-0.1, -0.05) is 30.3 Å². The Hall–Kier alpha value is -2.82. The number of para-hydroxylation sites is 1. The molecule has 5 heteroatoms. The maximum absolute atomic E-state index is 11.9. The van der Waals surface area contributed by atoms with Crippen molar-refractivity contribution in [2.45, 2.75) is 33.2 Å². The average molecular weight is 355 g/mol. The van der Waals surface area contributed by atoms with Crippen LogP contribution in [-0.4, -0.2) is 25.6 Å². The number of benzene rings is 2. The van der Waals surface area contributed by atoms with Gasteiger partial charge in [0.05, 0.1) is 19.3 Å². The number of aryl methyl sites for hydroxylation is 2. The Balaban J connectivity index is 1.70. The molecule has 2 aromatic carbocycles. The first-order valence-corrected chi connectivity index (χ1v) is 8.64. The van der Waals surface area contributed by atoms with Crippen LogP contribution in [0.25, 0.3) is 0 Å². The summed E-state index contributed by atoms with van der Waals surface area (Å²) in [6.45, 7) is 4.96. The molecule has 0 aliphatic rings. The van der Waals surface area contributed by atoms with Crippen LogP contribution in [0.15, 0.2) is 42.5 Å². The van der Waals surface area contributed by atoms with Crippen molar-refractivity contribution in [1.82, 2.24) is 5.32 Å². The van der Waals surface area contributed by atoms with Crippen LogP contribution in [0.5, 0.6) is 5.75 Å². The van der Waals surface area contributed by atoms with Crippen molar-refractivity contribution < 1.29 is 19.1 Å². The van der Waals surface area contributed by atoms with E-state index in [4.69, 9.17) is 4.74 Å². The number of hydrogen-bond acceptors (Lipinski definition) is 4. The highest BCUT2D eigenvalue weighted by atomic mass is 16.5. The zero-order valence-electron chi connectivity index (χ0n) is 15.5. The molecule has 0 aromatic heterocycles. The molecule has 0 saturated heterocycles. The molecule has 1 N–H and O–H groups in total. The van der Waals surface area contributed by atoms with Gasteiger partial charge in [-0.2, -0.15) is 0 Å².